The fourth-order valence-corrected chi connectivity index (χ4v) is 1.05. The van der Waals surface area contributed by atoms with Crippen molar-refractivity contribution in [2.75, 3.05) is 0 Å². The molecule has 0 amide bonds. The summed E-state index contributed by atoms with van der Waals surface area (Å²) >= 11 is 5.69. The van der Waals surface area contributed by atoms with E-state index in [0.29, 0.717) is 10.6 Å². The van der Waals surface area contributed by atoms with Gasteiger partial charge in [-0.3, -0.25) is 0 Å². The summed E-state index contributed by atoms with van der Waals surface area (Å²) in [5, 5.41) is 0.516. The van der Waals surface area contributed by atoms with Crippen molar-refractivity contribution in [3.63, 3.8) is 0 Å². The highest BCUT2D eigenvalue weighted by Crippen LogP contribution is 2.17. The summed E-state index contributed by atoms with van der Waals surface area (Å²) in [7, 11) is 0. The van der Waals surface area contributed by atoms with Crippen LogP contribution in [-0.4, -0.2) is 0 Å². The van der Waals surface area contributed by atoms with Crippen LogP contribution in [0.4, 0.5) is 4.39 Å². The minimum atomic E-state index is -0.487. The summed E-state index contributed by atoms with van der Waals surface area (Å²) in [4.78, 5) is 0. The lowest BCUT2D eigenvalue weighted by Gasteiger charge is -1.98. The SMILES string of the molecule is Cc1ccc(CF)c(Cl)c1. The van der Waals surface area contributed by atoms with Crippen LogP contribution >= 0.6 is 11.6 Å². The second-order valence-electron chi connectivity index (χ2n) is 2.23. The van der Waals surface area contributed by atoms with Crippen molar-refractivity contribution in [3.05, 3.63) is 34.3 Å². The molecular weight excluding hydrogens is 151 g/mol. The first-order chi connectivity index (χ1) is 4.74. The molecule has 0 saturated heterocycles. The normalized spacial score (nSPS) is 9.90. The number of benzene rings is 1. The molecule has 0 bridgehead atoms. The third kappa shape index (κ3) is 1.48. The van der Waals surface area contributed by atoms with E-state index < -0.39 is 6.67 Å². The van der Waals surface area contributed by atoms with E-state index >= 15 is 0 Å². The van der Waals surface area contributed by atoms with E-state index in [-0.39, 0.29) is 0 Å². The van der Waals surface area contributed by atoms with Crippen molar-refractivity contribution in [1.29, 1.82) is 0 Å². The van der Waals surface area contributed by atoms with E-state index in [1.54, 1.807) is 12.1 Å². The average molecular weight is 159 g/mol. The fourth-order valence-electron chi connectivity index (χ4n) is 0.761. The van der Waals surface area contributed by atoms with E-state index in [4.69, 9.17) is 11.6 Å². The molecule has 0 aliphatic heterocycles. The highest BCUT2D eigenvalue weighted by atomic mass is 35.5. The molecule has 0 spiro atoms. The van der Waals surface area contributed by atoms with Crippen LogP contribution < -0.4 is 0 Å². The van der Waals surface area contributed by atoms with Crippen molar-refractivity contribution >= 4 is 11.6 Å². The molecule has 0 aromatic heterocycles. The standard InChI is InChI=1S/C8H8ClF/c1-6-2-3-7(5-10)8(9)4-6/h2-4H,5H2,1H3. The summed E-state index contributed by atoms with van der Waals surface area (Å²) in [6, 6.07) is 5.31. The Bertz CT molecular complexity index is 233. The predicted molar refractivity (Wildman–Crippen MR) is 41.0 cm³/mol. The van der Waals surface area contributed by atoms with Crippen molar-refractivity contribution < 1.29 is 4.39 Å². The highest BCUT2D eigenvalue weighted by Gasteiger charge is 1.97. The molecular formula is C8H8ClF. The van der Waals surface area contributed by atoms with Gasteiger partial charge in [0.2, 0.25) is 0 Å². The maximum atomic E-state index is 12.0. The summed E-state index contributed by atoms with van der Waals surface area (Å²) in [6.07, 6.45) is 0. The van der Waals surface area contributed by atoms with Crippen molar-refractivity contribution in [3.8, 4) is 0 Å². The largest absolute Gasteiger partial charge is 0.246 e. The van der Waals surface area contributed by atoms with Gasteiger partial charge in [0.05, 0.1) is 0 Å². The Kier molecular flexibility index (Phi) is 2.28. The molecule has 0 heterocycles. The third-order valence-corrected chi connectivity index (χ3v) is 1.70. The molecule has 0 aliphatic carbocycles. The molecule has 0 atom stereocenters. The molecule has 54 valence electrons. The van der Waals surface area contributed by atoms with E-state index in [0.717, 1.165) is 5.56 Å². The average Bonchev–Trinajstić information content (AvgIpc) is 1.88. The minimum Gasteiger partial charge on any atom is -0.246 e. The van der Waals surface area contributed by atoms with E-state index in [9.17, 15) is 4.39 Å². The Morgan fingerprint density at radius 2 is 2.20 bits per heavy atom. The topological polar surface area (TPSA) is 0 Å². The Labute approximate surface area is 64.6 Å². The van der Waals surface area contributed by atoms with Gasteiger partial charge >= 0.3 is 0 Å². The van der Waals surface area contributed by atoms with Crippen molar-refractivity contribution in [1.82, 2.24) is 0 Å². The number of alkyl halides is 1. The minimum absolute atomic E-state index is 0.487. The van der Waals surface area contributed by atoms with Crippen LogP contribution in [0.5, 0.6) is 0 Å². The van der Waals surface area contributed by atoms with Gasteiger partial charge < -0.3 is 0 Å². The van der Waals surface area contributed by atoms with Crippen molar-refractivity contribution in [2.45, 2.75) is 13.6 Å². The zero-order valence-corrected chi connectivity index (χ0v) is 6.45. The van der Waals surface area contributed by atoms with E-state index in [1.807, 2.05) is 13.0 Å². The molecule has 0 saturated carbocycles. The molecule has 10 heavy (non-hydrogen) atoms. The quantitative estimate of drug-likeness (QED) is 0.589. The van der Waals surface area contributed by atoms with Gasteiger partial charge in [-0.2, -0.15) is 0 Å². The van der Waals surface area contributed by atoms with Crippen LogP contribution in [0.15, 0.2) is 18.2 Å². The zero-order valence-electron chi connectivity index (χ0n) is 5.70. The Morgan fingerprint density at radius 3 is 2.70 bits per heavy atom. The second-order valence-corrected chi connectivity index (χ2v) is 2.64. The summed E-state index contributed by atoms with van der Waals surface area (Å²) in [6.45, 7) is 1.44. The lowest BCUT2D eigenvalue weighted by atomic mass is 10.2. The first-order valence-corrected chi connectivity index (χ1v) is 3.43. The molecule has 0 N–H and O–H groups in total. The summed E-state index contributed by atoms with van der Waals surface area (Å²) in [5.41, 5.74) is 1.62. The van der Waals surface area contributed by atoms with Gasteiger partial charge in [0.1, 0.15) is 6.67 Å². The van der Waals surface area contributed by atoms with Gasteiger partial charge in [-0.15, -0.1) is 0 Å². The highest BCUT2D eigenvalue weighted by molar-refractivity contribution is 6.31. The van der Waals surface area contributed by atoms with Gasteiger partial charge in [0.15, 0.2) is 0 Å². The summed E-state index contributed by atoms with van der Waals surface area (Å²) < 4.78 is 12.0. The van der Waals surface area contributed by atoms with Crippen LogP contribution in [0.2, 0.25) is 5.02 Å². The number of aryl methyl sites for hydroxylation is 1. The third-order valence-electron chi connectivity index (χ3n) is 1.35. The van der Waals surface area contributed by atoms with Crippen LogP contribution in [0.25, 0.3) is 0 Å². The number of rotatable bonds is 1. The Hall–Kier alpha value is -0.560. The van der Waals surface area contributed by atoms with E-state index in [2.05, 4.69) is 0 Å². The first kappa shape index (κ1) is 7.55. The molecule has 1 aromatic rings. The molecule has 0 radical (unpaired) electrons. The first-order valence-electron chi connectivity index (χ1n) is 3.05. The van der Waals surface area contributed by atoms with E-state index in [1.165, 1.54) is 0 Å². The lowest BCUT2D eigenvalue weighted by Crippen LogP contribution is -1.80. The Balaban J connectivity index is 3.07. The molecule has 0 nitrogen and oxygen atoms in total. The van der Waals surface area contributed by atoms with Crippen LogP contribution in [0, 0.1) is 6.92 Å². The maximum absolute atomic E-state index is 12.0. The lowest BCUT2D eigenvalue weighted by molar-refractivity contribution is 0.485. The van der Waals surface area contributed by atoms with Gasteiger partial charge in [-0.05, 0) is 18.6 Å². The molecule has 0 unspecified atom stereocenters. The number of hydrogen-bond donors (Lipinski definition) is 0. The molecule has 1 rings (SSSR count). The smallest absolute Gasteiger partial charge is 0.116 e. The number of halogens is 2. The van der Waals surface area contributed by atoms with Crippen LogP contribution in [0.1, 0.15) is 11.1 Å². The second kappa shape index (κ2) is 3.02. The fraction of sp³-hybridized carbons (Fsp3) is 0.250. The Morgan fingerprint density at radius 1 is 1.50 bits per heavy atom. The van der Waals surface area contributed by atoms with Gasteiger partial charge in [0, 0.05) is 10.6 Å². The van der Waals surface area contributed by atoms with Crippen molar-refractivity contribution in [2.24, 2.45) is 0 Å². The molecule has 2 heteroatoms. The predicted octanol–water partition coefficient (Wildman–Crippen LogP) is 3.12. The van der Waals surface area contributed by atoms with Gasteiger partial charge in [0.25, 0.3) is 0 Å². The summed E-state index contributed by atoms with van der Waals surface area (Å²) in [5.74, 6) is 0. The van der Waals surface area contributed by atoms with Gasteiger partial charge in [-0.1, -0.05) is 23.7 Å². The molecule has 0 fully saturated rings. The van der Waals surface area contributed by atoms with Crippen LogP contribution in [-0.2, 0) is 6.67 Å². The molecule has 0 aliphatic rings. The van der Waals surface area contributed by atoms with Crippen LogP contribution in [0.3, 0.4) is 0 Å². The molecule has 1 aromatic carbocycles. The number of hydrogen-bond acceptors (Lipinski definition) is 0. The monoisotopic (exact) mass is 158 g/mol. The zero-order chi connectivity index (χ0) is 7.56. The van der Waals surface area contributed by atoms with Gasteiger partial charge in [-0.25, -0.2) is 4.39 Å². The maximum Gasteiger partial charge on any atom is 0.116 e.